The molecule has 1 heterocycles. The molecule has 0 spiro atoms. The number of likely N-dealkylation sites (tertiary alicyclic amines) is 1. The maximum Gasteiger partial charge on any atom is 0.326 e. The van der Waals surface area contributed by atoms with Crippen LogP contribution >= 0.6 is 0 Å². The molecule has 2 amide bonds. The Balaban J connectivity index is 1.81. The molecule has 5 nitrogen and oxygen atoms in total. The lowest BCUT2D eigenvalue weighted by Gasteiger charge is -2.22. The molecule has 0 aromatic carbocycles. The molecular weight excluding hydrogens is 220 g/mol. The summed E-state index contributed by atoms with van der Waals surface area (Å²) in [7, 11) is 0. The Bertz CT molecular complexity index is 341. The fraction of sp³-hybridized carbons (Fsp3) is 0.833. The SMILES string of the molecule is CC1(C)CC1CNC(=O)N1CCC[C@H]1C(=O)O. The average Bonchev–Trinajstić information content (AvgIpc) is 2.67. The Morgan fingerprint density at radius 3 is 2.65 bits per heavy atom. The number of nitrogens with one attached hydrogen (secondary N) is 1. The Labute approximate surface area is 101 Å². The average molecular weight is 240 g/mol. The number of carboxylic acids is 1. The number of hydrogen-bond donors (Lipinski definition) is 2. The van der Waals surface area contributed by atoms with E-state index in [1.54, 1.807) is 0 Å². The van der Waals surface area contributed by atoms with Crippen molar-refractivity contribution in [3.8, 4) is 0 Å². The zero-order chi connectivity index (χ0) is 12.6. The van der Waals surface area contributed by atoms with E-state index in [1.165, 1.54) is 4.90 Å². The largest absolute Gasteiger partial charge is 0.480 e. The number of amides is 2. The molecule has 96 valence electrons. The lowest BCUT2D eigenvalue weighted by Crippen LogP contribution is -2.46. The molecule has 2 fully saturated rings. The molecule has 0 aromatic rings. The lowest BCUT2D eigenvalue weighted by atomic mass is 10.1. The van der Waals surface area contributed by atoms with Crippen LogP contribution in [0.25, 0.3) is 0 Å². The molecule has 1 aliphatic carbocycles. The number of rotatable bonds is 3. The smallest absolute Gasteiger partial charge is 0.326 e. The standard InChI is InChI=1S/C12H20N2O3/c1-12(2)6-8(12)7-13-11(17)14-5-3-4-9(14)10(15)16/h8-9H,3-7H2,1-2H3,(H,13,17)(H,15,16)/t8?,9-/m0/s1. The molecule has 0 bridgehead atoms. The minimum Gasteiger partial charge on any atom is -0.480 e. The minimum atomic E-state index is -0.899. The number of aliphatic carboxylic acids is 1. The summed E-state index contributed by atoms with van der Waals surface area (Å²) in [4.78, 5) is 24.2. The molecule has 0 aromatic heterocycles. The first kappa shape index (κ1) is 12.2. The maximum atomic E-state index is 11.9. The van der Waals surface area contributed by atoms with Gasteiger partial charge in [0.15, 0.2) is 0 Å². The van der Waals surface area contributed by atoms with E-state index < -0.39 is 12.0 Å². The van der Waals surface area contributed by atoms with Crippen LogP contribution in [0.5, 0.6) is 0 Å². The highest BCUT2D eigenvalue weighted by atomic mass is 16.4. The van der Waals surface area contributed by atoms with Crippen molar-refractivity contribution in [2.75, 3.05) is 13.1 Å². The second-order valence-corrected chi connectivity index (χ2v) is 5.77. The van der Waals surface area contributed by atoms with E-state index in [2.05, 4.69) is 19.2 Å². The number of urea groups is 1. The van der Waals surface area contributed by atoms with E-state index in [0.717, 1.165) is 12.8 Å². The van der Waals surface area contributed by atoms with E-state index in [4.69, 9.17) is 5.11 Å². The van der Waals surface area contributed by atoms with Crippen LogP contribution in [0, 0.1) is 11.3 Å². The third kappa shape index (κ3) is 2.53. The molecule has 0 radical (unpaired) electrons. The van der Waals surface area contributed by atoms with Crippen molar-refractivity contribution in [1.29, 1.82) is 0 Å². The van der Waals surface area contributed by atoms with Gasteiger partial charge in [-0.25, -0.2) is 9.59 Å². The maximum absolute atomic E-state index is 11.9. The van der Waals surface area contributed by atoms with Crippen LogP contribution in [-0.4, -0.2) is 41.1 Å². The predicted octanol–water partition coefficient (Wildman–Crippen LogP) is 1.29. The van der Waals surface area contributed by atoms with Crippen LogP contribution in [0.15, 0.2) is 0 Å². The zero-order valence-electron chi connectivity index (χ0n) is 10.4. The fourth-order valence-corrected chi connectivity index (χ4v) is 2.50. The first-order valence-corrected chi connectivity index (χ1v) is 6.19. The van der Waals surface area contributed by atoms with Crippen molar-refractivity contribution in [1.82, 2.24) is 10.2 Å². The van der Waals surface area contributed by atoms with Gasteiger partial charge in [-0.1, -0.05) is 13.8 Å². The second-order valence-electron chi connectivity index (χ2n) is 5.77. The molecule has 2 N–H and O–H groups in total. The van der Waals surface area contributed by atoms with Gasteiger partial charge in [-0.3, -0.25) is 0 Å². The van der Waals surface area contributed by atoms with Crippen molar-refractivity contribution < 1.29 is 14.7 Å². The van der Waals surface area contributed by atoms with Crippen LogP contribution in [0.2, 0.25) is 0 Å². The van der Waals surface area contributed by atoms with Crippen molar-refractivity contribution >= 4 is 12.0 Å². The minimum absolute atomic E-state index is 0.224. The third-order valence-electron chi connectivity index (χ3n) is 4.02. The van der Waals surface area contributed by atoms with Gasteiger partial charge in [0.1, 0.15) is 6.04 Å². The van der Waals surface area contributed by atoms with Gasteiger partial charge in [0.2, 0.25) is 0 Å². The van der Waals surface area contributed by atoms with Crippen LogP contribution in [0.1, 0.15) is 33.1 Å². The number of carbonyl (C=O) groups is 2. The van der Waals surface area contributed by atoms with Gasteiger partial charge in [0.25, 0.3) is 0 Å². The molecule has 1 saturated heterocycles. The summed E-state index contributed by atoms with van der Waals surface area (Å²) < 4.78 is 0. The number of nitrogens with zero attached hydrogens (tertiary/aromatic N) is 1. The molecule has 1 saturated carbocycles. The van der Waals surface area contributed by atoms with Crippen LogP contribution in [-0.2, 0) is 4.79 Å². The Morgan fingerprint density at radius 2 is 2.12 bits per heavy atom. The Hall–Kier alpha value is -1.26. The quantitative estimate of drug-likeness (QED) is 0.781. The Kier molecular flexibility index (Phi) is 3.02. The van der Waals surface area contributed by atoms with E-state index >= 15 is 0 Å². The summed E-state index contributed by atoms with van der Waals surface area (Å²) in [5.74, 6) is -0.360. The summed E-state index contributed by atoms with van der Waals surface area (Å²) in [5, 5.41) is 11.8. The summed E-state index contributed by atoms with van der Waals surface area (Å²) in [5.41, 5.74) is 0.338. The molecule has 2 rings (SSSR count). The highest BCUT2D eigenvalue weighted by Gasteiger charge is 2.45. The van der Waals surface area contributed by atoms with Gasteiger partial charge in [-0.15, -0.1) is 0 Å². The highest BCUT2D eigenvalue weighted by Crippen LogP contribution is 2.50. The van der Waals surface area contributed by atoms with Crippen molar-refractivity contribution in [3.05, 3.63) is 0 Å². The molecule has 1 unspecified atom stereocenters. The van der Waals surface area contributed by atoms with Crippen LogP contribution < -0.4 is 5.32 Å². The van der Waals surface area contributed by atoms with Crippen molar-refractivity contribution in [2.24, 2.45) is 11.3 Å². The molecule has 5 heteroatoms. The zero-order valence-corrected chi connectivity index (χ0v) is 10.4. The monoisotopic (exact) mass is 240 g/mol. The molecule has 1 aliphatic heterocycles. The number of carboxylic acid groups (broad SMARTS) is 1. The summed E-state index contributed by atoms with van der Waals surface area (Å²) in [6.45, 7) is 5.57. The van der Waals surface area contributed by atoms with Crippen LogP contribution in [0.4, 0.5) is 4.79 Å². The normalized spacial score (nSPS) is 30.1. The molecule has 2 atom stereocenters. The fourth-order valence-electron chi connectivity index (χ4n) is 2.50. The van der Waals surface area contributed by atoms with Gasteiger partial charge in [0.05, 0.1) is 0 Å². The van der Waals surface area contributed by atoms with E-state index in [0.29, 0.717) is 30.8 Å². The topological polar surface area (TPSA) is 69.6 Å². The van der Waals surface area contributed by atoms with Gasteiger partial charge in [-0.2, -0.15) is 0 Å². The van der Waals surface area contributed by atoms with Gasteiger partial charge >= 0.3 is 12.0 Å². The van der Waals surface area contributed by atoms with Crippen LogP contribution in [0.3, 0.4) is 0 Å². The summed E-state index contributed by atoms with van der Waals surface area (Å²) in [6, 6.07) is -0.861. The first-order valence-electron chi connectivity index (χ1n) is 6.19. The Morgan fingerprint density at radius 1 is 1.47 bits per heavy atom. The number of hydrogen-bond acceptors (Lipinski definition) is 2. The lowest BCUT2D eigenvalue weighted by molar-refractivity contribution is -0.141. The van der Waals surface area contributed by atoms with Crippen molar-refractivity contribution in [2.45, 2.75) is 39.2 Å². The number of carbonyl (C=O) groups excluding carboxylic acids is 1. The predicted molar refractivity (Wildman–Crippen MR) is 62.7 cm³/mol. The summed E-state index contributed by atoms with van der Waals surface area (Å²) >= 11 is 0. The first-order chi connectivity index (χ1) is 7.92. The van der Waals surface area contributed by atoms with Gasteiger partial charge in [-0.05, 0) is 30.6 Å². The third-order valence-corrected chi connectivity index (χ3v) is 4.02. The second kappa shape index (κ2) is 4.20. The molecule has 17 heavy (non-hydrogen) atoms. The van der Waals surface area contributed by atoms with Gasteiger partial charge in [0, 0.05) is 13.1 Å². The van der Waals surface area contributed by atoms with E-state index in [1.807, 2.05) is 0 Å². The van der Waals surface area contributed by atoms with Gasteiger partial charge < -0.3 is 15.3 Å². The molecule has 2 aliphatic rings. The summed E-state index contributed by atoms with van der Waals surface area (Å²) in [6.07, 6.45) is 2.48. The van der Waals surface area contributed by atoms with E-state index in [-0.39, 0.29) is 6.03 Å². The highest BCUT2D eigenvalue weighted by molar-refractivity contribution is 5.83. The molecular formula is C12H20N2O3. The van der Waals surface area contributed by atoms with E-state index in [9.17, 15) is 9.59 Å². The van der Waals surface area contributed by atoms with Crippen molar-refractivity contribution in [3.63, 3.8) is 0 Å².